The van der Waals surface area contributed by atoms with Crippen LogP contribution in [0.4, 0.5) is 11.4 Å². The van der Waals surface area contributed by atoms with Crippen LogP contribution in [0.2, 0.25) is 0 Å². The van der Waals surface area contributed by atoms with Gasteiger partial charge in [-0.1, -0.05) is 51.8 Å². The van der Waals surface area contributed by atoms with Crippen LogP contribution in [0.5, 0.6) is 5.75 Å². The molecule has 172 valence electrons. The van der Waals surface area contributed by atoms with Crippen molar-refractivity contribution in [2.45, 2.75) is 20.8 Å². The van der Waals surface area contributed by atoms with Gasteiger partial charge in [0.25, 0.3) is 11.8 Å². The third-order valence-electron chi connectivity index (χ3n) is 5.04. The first kappa shape index (κ1) is 24.7. The lowest BCUT2D eigenvalue weighted by Crippen LogP contribution is -2.21. The third-order valence-corrected chi connectivity index (χ3v) is 5.54. The molecule has 0 fully saturated rings. The number of hydrogen-bond acceptors (Lipinski definition) is 4. The summed E-state index contributed by atoms with van der Waals surface area (Å²) in [5.74, 6) is -0.478. The minimum atomic E-state index is -0.532. The molecule has 7 heteroatoms. The van der Waals surface area contributed by atoms with E-state index in [9.17, 15) is 14.9 Å². The largest absolute Gasteiger partial charge is 0.483 e. The van der Waals surface area contributed by atoms with Gasteiger partial charge < -0.3 is 15.4 Å². The van der Waals surface area contributed by atoms with Gasteiger partial charge in [-0.3, -0.25) is 9.59 Å². The van der Waals surface area contributed by atoms with E-state index >= 15 is 0 Å². The molecule has 0 saturated carbocycles. The van der Waals surface area contributed by atoms with Gasteiger partial charge in [-0.15, -0.1) is 0 Å². The summed E-state index contributed by atoms with van der Waals surface area (Å²) in [6, 6.07) is 20.2. The maximum atomic E-state index is 12.7. The highest BCUT2D eigenvalue weighted by Gasteiger charge is 2.14. The van der Waals surface area contributed by atoms with Gasteiger partial charge in [0, 0.05) is 21.4 Å². The Labute approximate surface area is 207 Å². The Morgan fingerprint density at radius 3 is 2.41 bits per heavy atom. The highest BCUT2D eigenvalue weighted by molar-refractivity contribution is 9.10. The quantitative estimate of drug-likeness (QED) is 0.299. The van der Waals surface area contributed by atoms with Gasteiger partial charge in [-0.05, 0) is 68.3 Å². The van der Waals surface area contributed by atoms with E-state index < -0.39 is 5.91 Å². The number of nitrogens with zero attached hydrogens (tertiary/aromatic N) is 1. The number of amides is 2. The van der Waals surface area contributed by atoms with Gasteiger partial charge in [0.2, 0.25) is 0 Å². The van der Waals surface area contributed by atoms with Crippen molar-refractivity contribution in [1.29, 1.82) is 5.26 Å². The fraction of sp³-hybridized carbons (Fsp3) is 0.148. The normalized spacial score (nSPS) is 10.9. The number of carbonyl (C=O) groups excluding carboxylic acids is 2. The van der Waals surface area contributed by atoms with Crippen molar-refractivity contribution in [3.8, 4) is 11.8 Å². The summed E-state index contributed by atoms with van der Waals surface area (Å²) in [4.78, 5) is 25.1. The van der Waals surface area contributed by atoms with Gasteiger partial charge in [0.05, 0.1) is 0 Å². The second-order valence-corrected chi connectivity index (χ2v) is 8.69. The number of hydrogen-bond donors (Lipinski definition) is 2. The van der Waals surface area contributed by atoms with E-state index in [-0.39, 0.29) is 18.1 Å². The lowest BCUT2D eigenvalue weighted by molar-refractivity contribution is -0.118. The maximum absolute atomic E-state index is 12.7. The Hall–Kier alpha value is -3.89. The molecule has 0 saturated heterocycles. The van der Waals surface area contributed by atoms with Crippen molar-refractivity contribution in [1.82, 2.24) is 0 Å². The molecule has 6 nitrogen and oxygen atoms in total. The zero-order valence-electron chi connectivity index (χ0n) is 19.1. The van der Waals surface area contributed by atoms with Gasteiger partial charge in [0.15, 0.2) is 6.61 Å². The Kier molecular flexibility index (Phi) is 8.23. The smallest absolute Gasteiger partial charge is 0.266 e. The molecule has 0 unspecified atom stereocenters. The molecule has 3 rings (SSSR count). The first-order valence-corrected chi connectivity index (χ1v) is 11.3. The molecule has 0 aliphatic rings. The Morgan fingerprint density at radius 1 is 0.971 bits per heavy atom. The molecule has 2 amide bonds. The number of nitriles is 1. The topological polar surface area (TPSA) is 91.2 Å². The second-order valence-electron chi connectivity index (χ2n) is 7.78. The van der Waals surface area contributed by atoms with E-state index in [1.807, 2.05) is 63.2 Å². The van der Waals surface area contributed by atoms with Crippen molar-refractivity contribution in [3.05, 3.63) is 93.0 Å². The molecule has 34 heavy (non-hydrogen) atoms. The number of halogens is 1. The van der Waals surface area contributed by atoms with Crippen molar-refractivity contribution >= 4 is 45.2 Å². The first-order chi connectivity index (χ1) is 16.3. The van der Waals surface area contributed by atoms with Crippen LogP contribution in [0.3, 0.4) is 0 Å². The number of nitrogens with one attached hydrogen (secondary N) is 2. The monoisotopic (exact) mass is 517 g/mol. The van der Waals surface area contributed by atoms with E-state index in [0.29, 0.717) is 17.0 Å². The van der Waals surface area contributed by atoms with Crippen LogP contribution in [0.25, 0.3) is 6.08 Å². The van der Waals surface area contributed by atoms with Crippen molar-refractivity contribution in [2.24, 2.45) is 0 Å². The summed E-state index contributed by atoms with van der Waals surface area (Å²) in [5.41, 5.74) is 4.69. The SMILES string of the molecule is Cc1ccc(NC(=O)COc2ccc(Br)cc2/C=C(/C#N)C(=O)Nc2ccccc2C)c(C)c1. The van der Waals surface area contributed by atoms with Crippen molar-refractivity contribution < 1.29 is 14.3 Å². The number of anilines is 2. The van der Waals surface area contributed by atoms with Crippen LogP contribution in [0.15, 0.2) is 70.7 Å². The Bertz CT molecular complexity index is 1310. The summed E-state index contributed by atoms with van der Waals surface area (Å²) in [6.07, 6.45) is 1.44. The van der Waals surface area contributed by atoms with Gasteiger partial charge in [0.1, 0.15) is 17.4 Å². The fourth-order valence-corrected chi connectivity index (χ4v) is 3.63. The minimum absolute atomic E-state index is 0.0917. The van der Waals surface area contributed by atoms with Crippen molar-refractivity contribution in [2.75, 3.05) is 17.2 Å². The van der Waals surface area contributed by atoms with Crippen LogP contribution in [-0.4, -0.2) is 18.4 Å². The molecule has 0 bridgehead atoms. The molecule has 0 atom stereocenters. The zero-order chi connectivity index (χ0) is 24.7. The van der Waals surface area contributed by atoms with Crippen molar-refractivity contribution in [3.63, 3.8) is 0 Å². The lowest BCUT2D eigenvalue weighted by Gasteiger charge is -2.12. The summed E-state index contributed by atoms with van der Waals surface area (Å²) in [5, 5.41) is 15.2. The number of benzene rings is 3. The number of aryl methyl sites for hydroxylation is 3. The molecule has 3 aromatic rings. The number of para-hydroxylation sites is 1. The standard InChI is InChI=1S/C27H24BrN3O3/c1-17-8-10-24(19(3)12-17)30-26(32)16-34-25-11-9-22(28)14-20(25)13-21(15-29)27(33)31-23-7-5-4-6-18(23)2/h4-14H,16H2,1-3H3,(H,30,32)(H,31,33)/b21-13-. The van der Waals surface area contributed by atoms with E-state index in [2.05, 4.69) is 26.6 Å². The predicted molar refractivity (Wildman–Crippen MR) is 138 cm³/mol. The van der Waals surface area contributed by atoms with Gasteiger partial charge >= 0.3 is 0 Å². The summed E-state index contributed by atoms with van der Waals surface area (Å²) in [7, 11) is 0. The average molecular weight is 518 g/mol. The summed E-state index contributed by atoms with van der Waals surface area (Å²) < 4.78 is 6.47. The molecule has 0 aliphatic carbocycles. The second kappa shape index (κ2) is 11.3. The van der Waals surface area contributed by atoms with Crippen LogP contribution >= 0.6 is 15.9 Å². The van der Waals surface area contributed by atoms with Gasteiger partial charge in [-0.25, -0.2) is 0 Å². The van der Waals surface area contributed by atoms with E-state index in [1.54, 1.807) is 24.3 Å². The highest BCUT2D eigenvalue weighted by atomic mass is 79.9. The van der Waals surface area contributed by atoms with E-state index in [4.69, 9.17) is 4.74 Å². The zero-order valence-corrected chi connectivity index (χ0v) is 20.7. The molecule has 2 N–H and O–H groups in total. The van der Waals surface area contributed by atoms with E-state index in [0.717, 1.165) is 26.9 Å². The maximum Gasteiger partial charge on any atom is 0.266 e. The fourth-order valence-electron chi connectivity index (χ4n) is 3.25. The van der Waals surface area contributed by atoms with Crippen LogP contribution in [0.1, 0.15) is 22.3 Å². The Morgan fingerprint density at radius 2 is 1.71 bits per heavy atom. The van der Waals surface area contributed by atoms with E-state index in [1.165, 1.54) is 6.08 Å². The molecule has 3 aromatic carbocycles. The molecular formula is C27H24BrN3O3. The predicted octanol–water partition coefficient (Wildman–Crippen LogP) is 5.94. The molecule has 0 radical (unpaired) electrons. The summed E-state index contributed by atoms with van der Waals surface area (Å²) in [6.45, 7) is 5.55. The minimum Gasteiger partial charge on any atom is -0.483 e. The number of carbonyl (C=O) groups is 2. The van der Waals surface area contributed by atoms with Crippen LogP contribution < -0.4 is 15.4 Å². The molecule has 0 heterocycles. The van der Waals surface area contributed by atoms with Crippen LogP contribution in [-0.2, 0) is 9.59 Å². The average Bonchev–Trinajstić information content (AvgIpc) is 2.80. The molecule has 0 spiro atoms. The molecule has 0 aromatic heterocycles. The first-order valence-electron chi connectivity index (χ1n) is 10.5. The number of ether oxygens (including phenoxy) is 1. The molecular weight excluding hydrogens is 494 g/mol. The highest BCUT2D eigenvalue weighted by Crippen LogP contribution is 2.26. The van der Waals surface area contributed by atoms with Crippen LogP contribution in [0, 0.1) is 32.1 Å². The summed E-state index contributed by atoms with van der Waals surface area (Å²) >= 11 is 3.40. The Balaban J connectivity index is 1.76. The lowest BCUT2D eigenvalue weighted by atomic mass is 10.1. The molecule has 0 aliphatic heterocycles. The van der Waals surface area contributed by atoms with Gasteiger partial charge in [-0.2, -0.15) is 5.26 Å². The third kappa shape index (κ3) is 6.56. The number of rotatable bonds is 7.